The summed E-state index contributed by atoms with van der Waals surface area (Å²) in [5, 5.41) is 5.30. The maximum atomic E-state index is 4.20. The highest BCUT2D eigenvalue weighted by Crippen LogP contribution is 2.33. The van der Waals surface area contributed by atoms with Crippen molar-refractivity contribution in [3.8, 4) is 0 Å². The summed E-state index contributed by atoms with van der Waals surface area (Å²) in [6.45, 7) is 4.57. The fraction of sp³-hybridized carbons (Fsp3) is 0.750. The Morgan fingerprint density at radius 3 is 2.47 bits per heavy atom. The molecular formula is C12H21BrN2. The van der Waals surface area contributed by atoms with Crippen molar-refractivity contribution in [1.82, 2.24) is 9.78 Å². The first kappa shape index (κ1) is 12.8. The molecule has 1 rings (SSSR count). The topological polar surface area (TPSA) is 17.8 Å². The number of halogens is 1. The van der Waals surface area contributed by atoms with Crippen LogP contribution in [0.4, 0.5) is 0 Å². The molecule has 15 heavy (non-hydrogen) atoms. The van der Waals surface area contributed by atoms with E-state index < -0.39 is 0 Å². The number of alkyl halides is 1. The molecule has 0 spiro atoms. The number of aromatic nitrogens is 2. The second kappa shape index (κ2) is 5.69. The smallest absolute Gasteiger partial charge is 0.0521 e. The molecule has 0 unspecified atom stereocenters. The molecule has 1 aromatic rings. The average Bonchev–Trinajstić information content (AvgIpc) is 2.67. The normalized spacial score (nSPS) is 12.0. The van der Waals surface area contributed by atoms with E-state index in [1.807, 2.05) is 17.9 Å². The van der Waals surface area contributed by atoms with Crippen molar-refractivity contribution in [3.05, 3.63) is 18.0 Å². The molecule has 0 aliphatic rings. The minimum atomic E-state index is 0.468. The zero-order chi connectivity index (χ0) is 11.3. The summed E-state index contributed by atoms with van der Waals surface area (Å²) in [5.41, 5.74) is 1.82. The molecule has 0 bridgehead atoms. The van der Waals surface area contributed by atoms with Crippen molar-refractivity contribution in [3.63, 3.8) is 0 Å². The Kier molecular flexibility index (Phi) is 4.84. The zero-order valence-corrected chi connectivity index (χ0v) is 11.5. The molecule has 1 aromatic heterocycles. The van der Waals surface area contributed by atoms with Gasteiger partial charge in [0.25, 0.3) is 0 Å². The van der Waals surface area contributed by atoms with Gasteiger partial charge in [0.15, 0.2) is 0 Å². The lowest BCUT2D eigenvalue weighted by Crippen LogP contribution is -2.21. The lowest BCUT2D eigenvalue weighted by molar-refractivity contribution is 0.284. The molecule has 0 saturated carbocycles. The van der Waals surface area contributed by atoms with Crippen LogP contribution in [0.5, 0.6) is 0 Å². The summed E-state index contributed by atoms with van der Waals surface area (Å²) in [6, 6.07) is 0. The van der Waals surface area contributed by atoms with Crippen LogP contribution in [-0.4, -0.2) is 15.1 Å². The molecule has 0 fully saturated rings. The Morgan fingerprint density at radius 1 is 1.40 bits per heavy atom. The third-order valence-corrected chi connectivity index (χ3v) is 4.68. The molecule has 0 aliphatic heterocycles. The van der Waals surface area contributed by atoms with E-state index >= 15 is 0 Å². The summed E-state index contributed by atoms with van der Waals surface area (Å²) in [6.07, 6.45) is 8.97. The molecule has 86 valence electrons. The fourth-order valence-corrected chi connectivity index (χ4v) is 2.94. The van der Waals surface area contributed by atoms with Gasteiger partial charge in [-0.2, -0.15) is 5.10 Å². The zero-order valence-electron chi connectivity index (χ0n) is 9.96. The molecule has 1 heterocycles. The van der Waals surface area contributed by atoms with Crippen molar-refractivity contribution < 1.29 is 0 Å². The van der Waals surface area contributed by atoms with Gasteiger partial charge in [-0.1, -0.05) is 29.8 Å². The van der Waals surface area contributed by atoms with Crippen molar-refractivity contribution in [2.45, 2.75) is 39.5 Å². The number of nitrogens with zero attached hydrogens (tertiary/aromatic N) is 2. The molecule has 2 nitrogen and oxygen atoms in total. The van der Waals surface area contributed by atoms with Crippen molar-refractivity contribution in [1.29, 1.82) is 0 Å². The molecule has 0 atom stereocenters. The van der Waals surface area contributed by atoms with Crippen LogP contribution in [0.3, 0.4) is 0 Å². The molecule has 0 radical (unpaired) electrons. The van der Waals surface area contributed by atoms with Crippen molar-refractivity contribution in [2.24, 2.45) is 12.5 Å². The minimum Gasteiger partial charge on any atom is -0.276 e. The number of rotatable bonds is 6. The van der Waals surface area contributed by atoms with Crippen LogP contribution in [0.1, 0.15) is 38.7 Å². The average molecular weight is 273 g/mol. The third-order valence-electron chi connectivity index (χ3n) is 3.49. The monoisotopic (exact) mass is 272 g/mol. The molecule has 0 N–H and O–H groups in total. The molecule has 3 heteroatoms. The van der Waals surface area contributed by atoms with Gasteiger partial charge >= 0.3 is 0 Å². The molecular weight excluding hydrogens is 252 g/mol. The molecule has 0 aliphatic carbocycles. The molecule has 0 saturated heterocycles. The van der Waals surface area contributed by atoms with Crippen LogP contribution in [-0.2, 0) is 13.5 Å². The van der Waals surface area contributed by atoms with Gasteiger partial charge in [0, 0.05) is 18.6 Å². The van der Waals surface area contributed by atoms with Crippen molar-refractivity contribution >= 4 is 15.9 Å². The summed E-state index contributed by atoms with van der Waals surface area (Å²) >= 11 is 3.65. The van der Waals surface area contributed by atoms with E-state index in [1.165, 1.54) is 24.8 Å². The lowest BCUT2D eigenvalue weighted by atomic mass is 9.80. The number of hydrogen-bond acceptors (Lipinski definition) is 1. The number of hydrogen-bond donors (Lipinski definition) is 0. The van der Waals surface area contributed by atoms with E-state index in [9.17, 15) is 0 Å². The highest BCUT2D eigenvalue weighted by atomic mass is 79.9. The highest BCUT2D eigenvalue weighted by Gasteiger charge is 2.24. The van der Waals surface area contributed by atoms with E-state index in [0.717, 1.165) is 11.8 Å². The van der Waals surface area contributed by atoms with Crippen LogP contribution in [0.25, 0.3) is 0 Å². The summed E-state index contributed by atoms with van der Waals surface area (Å²) < 4.78 is 1.88. The van der Waals surface area contributed by atoms with E-state index in [1.54, 1.807) is 0 Å². The van der Waals surface area contributed by atoms with Gasteiger partial charge in [-0.3, -0.25) is 4.68 Å². The standard InChI is InChI=1S/C12H21BrN2/c1-4-12(5-2,10-13)7-6-11-8-14-15(3)9-11/h8-9H,4-7,10H2,1-3H3. The lowest BCUT2D eigenvalue weighted by Gasteiger charge is -2.29. The van der Waals surface area contributed by atoms with Gasteiger partial charge in [-0.25, -0.2) is 0 Å². The van der Waals surface area contributed by atoms with Gasteiger partial charge in [0.1, 0.15) is 0 Å². The first-order chi connectivity index (χ1) is 7.15. The minimum absolute atomic E-state index is 0.468. The van der Waals surface area contributed by atoms with Gasteiger partial charge < -0.3 is 0 Å². The predicted octanol–water partition coefficient (Wildman–Crippen LogP) is 3.55. The summed E-state index contributed by atoms with van der Waals surface area (Å²) in [7, 11) is 1.97. The maximum Gasteiger partial charge on any atom is 0.0521 e. The quantitative estimate of drug-likeness (QED) is 0.725. The molecule has 0 aromatic carbocycles. The highest BCUT2D eigenvalue weighted by molar-refractivity contribution is 9.09. The third kappa shape index (κ3) is 3.33. The summed E-state index contributed by atoms with van der Waals surface area (Å²) in [4.78, 5) is 0. The Balaban J connectivity index is 2.54. The van der Waals surface area contributed by atoms with Gasteiger partial charge in [0.2, 0.25) is 0 Å². The Hall–Kier alpha value is -0.310. The van der Waals surface area contributed by atoms with Gasteiger partial charge in [-0.15, -0.1) is 0 Å². The first-order valence-corrected chi connectivity index (χ1v) is 6.81. The van der Waals surface area contributed by atoms with Crippen LogP contribution in [0, 0.1) is 5.41 Å². The first-order valence-electron chi connectivity index (χ1n) is 5.69. The SMILES string of the molecule is CCC(CC)(CBr)CCc1cnn(C)c1. The van der Waals surface area contributed by atoms with E-state index in [-0.39, 0.29) is 0 Å². The van der Waals surface area contributed by atoms with Gasteiger partial charge in [-0.05, 0) is 36.7 Å². The second-order valence-electron chi connectivity index (χ2n) is 4.36. The largest absolute Gasteiger partial charge is 0.276 e. The van der Waals surface area contributed by atoms with E-state index in [0.29, 0.717) is 5.41 Å². The fourth-order valence-electron chi connectivity index (χ4n) is 1.87. The maximum absolute atomic E-state index is 4.20. The van der Waals surface area contributed by atoms with Crippen molar-refractivity contribution in [2.75, 3.05) is 5.33 Å². The van der Waals surface area contributed by atoms with Crippen LogP contribution in [0.2, 0.25) is 0 Å². The Morgan fingerprint density at radius 2 is 2.07 bits per heavy atom. The van der Waals surface area contributed by atoms with Crippen LogP contribution >= 0.6 is 15.9 Å². The Bertz CT molecular complexity index is 281. The predicted molar refractivity (Wildman–Crippen MR) is 68.3 cm³/mol. The molecule has 0 amide bonds. The van der Waals surface area contributed by atoms with Crippen LogP contribution < -0.4 is 0 Å². The summed E-state index contributed by atoms with van der Waals surface area (Å²) in [5.74, 6) is 0. The van der Waals surface area contributed by atoms with Crippen LogP contribution in [0.15, 0.2) is 12.4 Å². The van der Waals surface area contributed by atoms with E-state index in [4.69, 9.17) is 0 Å². The van der Waals surface area contributed by atoms with Gasteiger partial charge in [0.05, 0.1) is 6.20 Å². The van der Waals surface area contributed by atoms with E-state index in [2.05, 4.69) is 41.1 Å². The second-order valence-corrected chi connectivity index (χ2v) is 4.92. The Labute approximate surface area is 101 Å². The number of aryl methyl sites for hydroxylation is 2.